The van der Waals surface area contributed by atoms with Crippen LogP contribution in [0.15, 0.2) is 23.0 Å². The van der Waals surface area contributed by atoms with E-state index in [1.54, 1.807) is 0 Å². The Morgan fingerprint density at radius 3 is 2.75 bits per heavy atom. The van der Waals surface area contributed by atoms with Gasteiger partial charge >= 0.3 is 5.69 Å². The molecule has 2 aliphatic rings. The van der Waals surface area contributed by atoms with Crippen LogP contribution in [0.3, 0.4) is 0 Å². The lowest BCUT2D eigenvalue weighted by Crippen LogP contribution is -2.28. The van der Waals surface area contributed by atoms with Crippen molar-refractivity contribution >= 4 is 11.0 Å². The molecule has 0 aliphatic heterocycles. The molecule has 3 N–H and O–H groups in total. The average Bonchev–Trinajstić information content (AvgIpc) is 3.12. The van der Waals surface area contributed by atoms with Gasteiger partial charge in [-0.05, 0) is 61.8 Å². The number of H-pyrrole nitrogens is 2. The van der Waals surface area contributed by atoms with Crippen LogP contribution in [0.5, 0.6) is 0 Å². The highest BCUT2D eigenvalue weighted by atomic mass is 16.1. The average molecular weight is 271 g/mol. The quantitative estimate of drug-likeness (QED) is 0.803. The van der Waals surface area contributed by atoms with Crippen LogP contribution in [0, 0.1) is 17.8 Å². The van der Waals surface area contributed by atoms with E-state index < -0.39 is 0 Å². The fourth-order valence-corrected chi connectivity index (χ4v) is 4.57. The maximum absolute atomic E-state index is 11.4. The van der Waals surface area contributed by atoms with Crippen molar-refractivity contribution in [3.05, 3.63) is 34.2 Å². The number of benzene rings is 1. The Labute approximate surface area is 118 Å². The summed E-state index contributed by atoms with van der Waals surface area (Å²) in [7, 11) is 2.06. The summed E-state index contributed by atoms with van der Waals surface area (Å²) in [6.45, 7) is 0. The summed E-state index contributed by atoms with van der Waals surface area (Å²) in [4.78, 5) is 17.0. The highest BCUT2D eigenvalue weighted by Crippen LogP contribution is 2.52. The van der Waals surface area contributed by atoms with E-state index in [9.17, 15) is 4.79 Å². The Morgan fingerprint density at radius 2 is 2.05 bits per heavy atom. The second-order valence-electron chi connectivity index (χ2n) is 6.49. The van der Waals surface area contributed by atoms with E-state index in [4.69, 9.17) is 0 Å². The molecule has 4 nitrogen and oxygen atoms in total. The summed E-state index contributed by atoms with van der Waals surface area (Å²) >= 11 is 0. The molecule has 4 heteroatoms. The van der Waals surface area contributed by atoms with Crippen LogP contribution in [0.4, 0.5) is 0 Å². The minimum Gasteiger partial charge on any atom is -0.313 e. The Morgan fingerprint density at radius 1 is 1.20 bits per heavy atom. The zero-order valence-corrected chi connectivity index (χ0v) is 11.8. The minimum atomic E-state index is -0.127. The number of aromatic nitrogens is 2. The van der Waals surface area contributed by atoms with Gasteiger partial charge in [-0.1, -0.05) is 12.5 Å². The molecule has 4 rings (SSSR count). The van der Waals surface area contributed by atoms with Gasteiger partial charge in [-0.2, -0.15) is 0 Å². The topological polar surface area (TPSA) is 60.7 Å². The molecule has 20 heavy (non-hydrogen) atoms. The van der Waals surface area contributed by atoms with Gasteiger partial charge in [0.25, 0.3) is 0 Å². The molecular weight excluding hydrogens is 250 g/mol. The van der Waals surface area contributed by atoms with Crippen LogP contribution in [-0.2, 0) is 0 Å². The number of rotatable bonds is 3. The normalized spacial score (nSPS) is 30.1. The molecule has 0 amide bonds. The molecule has 1 aromatic carbocycles. The van der Waals surface area contributed by atoms with Crippen molar-refractivity contribution in [2.24, 2.45) is 17.8 Å². The van der Waals surface area contributed by atoms with E-state index in [0.717, 1.165) is 28.8 Å². The Hall–Kier alpha value is -1.55. The van der Waals surface area contributed by atoms with E-state index >= 15 is 0 Å². The van der Waals surface area contributed by atoms with Gasteiger partial charge in [0.1, 0.15) is 0 Å². The Balaban J connectivity index is 1.70. The fraction of sp³-hybridized carbons (Fsp3) is 0.562. The lowest BCUT2D eigenvalue weighted by molar-refractivity contribution is 0.260. The van der Waals surface area contributed by atoms with E-state index in [0.29, 0.717) is 6.04 Å². The second kappa shape index (κ2) is 4.48. The molecular formula is C16H21N3O. The van der Waals surface area contributed by atoms with Crippen molar-refractivity contribution in [1.29, 1.82) is 0 Å². The van der Waals surface area contributed by atoms with Crippen LogP contribution in [0.2, 0.25) is 0 Å². The molecule has 2 fully saturated rings. The predicted molar refractivity (Wildman–Crippen MR) is 79.7 cm³/mol. The van der Waals surface area contributed by atoms with Gasteiger partial charge in [0.15, 0.2) is 0 Å². The monoisotopic (exact) mass is 271 g/mol. The molecule has 2 bridgehead atoms. The Kier molecular flexibility index (Phi) is 2.74. The van der Waals surface area contributed by atoms with Gasteiger partial charge in [0, 0.05) is 6.04 Å². The first kappa shape index (κ1) is 12.2. The van der Waals surface area contributed by atoms with Crippen LogP contribution < -0.4 is 11.0 Å². The van der Waals surface area contributed by atoms with Crippen LogP contribution in [0.25, 0.3) is 11.0 Å². The van der Waals surface area contributed by atoms with Gasteiger partial charge in [-0.25, -0.2) is 4.79 Å². The number of nitrogens with one attached hydrogen (secondary N) is 3. The smallest absolute Gasteiger partial charge is 0.313 e. The van der Waals surface area contributed by atoms with E-state index in [1.165, 1.54) is 31.2 Å². The molecule has 4 unspecified atom stereocenters. The molecule has 106 valence electrons. The molecule has 1 aromatic heterocycles. The summed E-state index contributed by atoms with van der Waals surface area (Å²) < 4.78 is 0. The van der Waals surface area contributed by atoms with Gasteiger partial charge in [-0.15, -0.1) is 0 Å². The molecule has 0 spiro atoms. The zero-order valence-electron chi connectivity index (χ0n) is 11.8. The van der Waals surface area contributed by atoms with Crippen molar-refractivity contribution < 1.29 is 0 Å². The number of hydrogen-bond acceptors (Lipinski definition) is 2. The first-order valence-corrected chi connectivity index (χ1v) is 7.64. The third-order valence-electron chi connectivity index (χ3n) is 5.43. The summed E-state index contributed by atoms with van der Waals surface area (Å²) in [6.07, 6.45) is 5.61. The van der Waals surface area contributed by atoms with Gasteiger partial charge in [0.2, 0.25) is 0 Å². The van der Waals surface area contributed by atoms with E-state index in [-0.39, 0.29) is 5.69 Å². The van der Waals surface area contributed by atoms with Gasteiger partial charge < -0.3 is 15.3 Å². The Bertz CT molecular complexity index is 686. The number of fused-ring (bicyclic) bond motifs is 3. The van der Waals surface area contributed by atoms with E-state index in [2.05, 4.69) is 34.5 Å². The van der Waals surface area contributed by atoms with Crippen molar-refractivity contribution in [2.75, 3.05) is 7.05 Å². The molecule has 0 saturated heterocycles. The van der Waals surface area contributed by atoms with Crippen molar-refractivity contribution in [3.63, 3.8) is 0 Å². The molecule has 1 heterocycles. The summed E-state index contributed by atoms with van der Waals surface area (Å²) in [5.74, 6) is 2.59. The number of aromatic amines is 2. The third-order valence-corrected chi connectivity index (χ3v) is 5.43. The van der Waals surface area contributed by atoms with Crippen LogP contribution in [-0.4, -0.2) is 17.0 Å². The first-order chi connectivity index (χ1) is 9.74. The lowest BCUT2D eigenvalue weighted by Gasteiger charge is -2.30. The van der Waals surface area contributed by atoms with Gasteiger partial charge in [-0.3, -0.25) is 0 Å². The lowest BCUT2D eigenvalue weighted by atomic mass is 9.80. The third kappa shape index (κ3) is 1.82. The number of imidazole rings is 1. The maximum Gasteiger partial charge on any atom is 0.323 e. The highest BCUT2D eigenvalue weighted by Gasteiger charge is 2.43. The summed E-state index contributed by atoms with van der Waals surface area (Å²) in [5.41, 5.74) is 2.98. The fourth-order valence-electron chi connectivity index (χ4n) is 4.57. The van der Waals surface area contributed by atoms with Crippen molar-refractivity contribution in [1.82, 2.24) is 15.3 Å². The first-order valence-electron chi connectivity index (χ1n) is 7.64. The largest absolute Gasteiger partial charge is 0.323 e. The summed E-state index contributed by atoms with van der Waals surface area (Å²) in [5, 5.41) is 3.51. The number of hydrogen-bond donors (Lipinski definition) is 3. The zero-order chi connectivity index (χ0) is 13.7. The predicted octanol–water partition coefficient (Wildman–Crippen LogP) is 2.55. The molecule has 0 radical (unpaired) electrons. The van der Waals surface area contributed by atoms with Crippen molar-refractivity contribution in [3.8, 4) is 0 Å². The van der Waals surface area contributed by atoms with Crippen LogP contribution in [0.1, 0.15) is 37.3 Å². The highest BCUT2D eigenvalue weighted by molar-refractivity contribution is 5.75. The maximum atomic E-state index is 11.4. The minimum absolute atomic E-state index is 0.127. The van der Waals surface area contributed by atoms with Gasteiger partial charge in [0.05, 0.1) is 11.0 Å². The van der Waals surface area contributed by atoms with Crippen LogP contribution >= 0.6 is 0 Å². The van der Waals surface area contributed by atoms with E-state index in [1.807, 2.05) is 6.07 Å². The molecule has 2 aliphatic carbocycles. The molecule has 4 atom stereocenters. The summed E-state index contributed by atoms with van der Waals surface area (Å²) in [6, 6.07) is 6.70. The second-order valence-corrected chi connectivity index (χ2v) is 6.49. The molecule has 2 aromatic rings. The van der Waals surface area contributed by atoms with Crippen molar-refractivity contribution in [2.45, 2.75) is 31.7 Å². The standard InChI is InChI=1S/C16H21N3O/c1-17-15(12-7-9-2-3-10(12)6-9)11-4-5-13-14(8-11)19-16(20)18-13/h4-5,8-10,12,15,17H,2-3,6-7H2,1H3,(H2,18,19,20). The SMILES string of the molecule is CNC(c1ccc2[nH]c(=O)[nH]c2c1)C1CC2CCC1C2. The molecule has 2 saturated carbocycles.